The molecule has 2 nitrogen and oxygen atoms in total. The first-order valence-electron chi connectivity index (χ1n) is 3.96. The lowest BCUT2D eigenvalue weighted by molar-refractivity contribution is -0.117. The van der Waals surface area contributed by atoms with Gasteiger partial charge < -0.3 is 4.74 Å². The van der Waals surface area contributed by atoms with Crippen LogP contribution < -0.4 is 0 Å². The third-order valence-corrected chi connectivity index (χ3v) is 2.59. The van der Waals surface area contributed by atoms with E-state index in [1.807, 2.05) is 0 Å². The van der Waals surface area contributed by atoms with Gasteiger partial charge in [-0.25, -0.2) is 0 Å². The minimum Gasteiger partial charge on any atom is -0.381 e. The molecule has 1 saturated carbocycles. The van der Waals surface area contributed by atoms with Gasteiger partial charge in [-0.3, -0.25) is 4.79 Å². The maximum Gasteiger partial charge on any atom is 0.224 e. The molecule has 0 aromatic carbocycles. The molecule has 0 aliphatic heterocycles. The summed E-state index contributed by atoms with van der Waals surface area (Å²) in [5, 5.41) is -0.202. The van der Waals surface area contributed by atoms with E-state index < -0.39 is 0 Å². The van der Waals surface area contributed by atoms with E-state index in [0.717, 1.165) is 25.7 Å². The fourth-order valence-corrected chi connectivity index (χ4v) is 1.76. The Kier molecular flexibility index (Phi) is 3.34. The molecule has 0 bridgehead atoms. The lowest BCUT2D eigenvalue weighted by Crippen LogP contribution is -2.24. The first kappa shape index (κ1) is 9.01. The molecule has 0 amide bonds. The van der Waals surface area contributed by atoms with E-state index in [-0.39, 0.29) is 17.3 Å². The van der Waals surface area contributed by atoms with Gasteiger partial charge in [0.05, 0.1) is 6.10 Å². The van der Waals surface area contributed by atoms with Crippen LogP contribution in [0.15, 0.2) is 0 Å². The Balaban J connectivity index is 2.39. The first-order valence-corrected chi connectivity index (χ1v) is 4.34. The van der Waals surface area contributed by atoms with Crippen molar-refractivity contribution >= 4 is 16.8 Å². The standard InChI is InChI=1S/C8H13ClO2/c1-11-7-4-2-3-6(5-7)8(9)10/h6-7H,2-5H2,1H3. The normalized spacial score (nSPS) is 31.8. The van der Waals surface area contributed by atoms with Crippen molar-refractivity contribution in [1.29, 1.82) is 0 Å². The molecule has 1 aliphatic carbocycles. The predicted octanol–water partition coefficient (Wildman–Crippen LogP) is 1.96. The van der Waals surface area contributed by atoms with Crippen molar-refractivity contribution < 1.29 is 9.53 Å². The van der Waals surface area contributed by atoms with Crippen LogP contribution in [0.3, 0.4) is 0 Å². The largest absolute Gasteiger partial charge is 0.381 e. The predicted molar refractivity (Wildman–Crippen MR) is 43.6 cm³/mol. The zero-order chi connectivity index (χ0) is 8.27. The van der Waals surface area contributed by atoms with E-state index in [0.29, 0.717) is 0 Å². The zero-order valence-electron chi connectivity index (χ0n) is 6.68. The topological polar surface area (TPSA) is 26.3 Å². The summed E-state index contributed by atoms with van der Waals surface area (Å²) in [6.07, 6.45) is 4.11. The van der Waals surface area contributed by atoms with Crippen LogP contribution in [0.5, 0.6) is 0 Å². The van der Waals surface area contributed by atoms with Crippen LogP contribution in [0.25, 0.3) is 0 Å². The Morgan fingerprint density at radius 1 is 1.55 bits per heavy atom. The van der Waals surface area contributed by atoms with E-state index in [4.69, 9.17) is 16.3 Å². The molecule has 0 heterocycles. The molecule has 0 aromatic rings. The summed E-state index contributed by atoms with van der Waals surface area (Å²) in [6, 6.07) is 0. The molecule has 1 aliphatic rings. The fourth-order valence-electron chi connectivity index (χ4n) is 1.57. The first-order chi connectivity index (χ1) is 5.24. The average Bonchev–Trinajstić information content (AvgIpc) is 2.05. The van der Waals surface area contributed by atoms with Crippen molar-refractivity contribution in [3.05, 3.63) is 0 Å². The van der Waals surface area contributed by atoms with Gasteiger partial charge in [0.1, 0.15) is 0 Å². The molecule has 0 spiro atoms. The number of carbonyl (C=O) groups is 1. The number of ether oxygens (including phenoxy) is 1. The zero-order valence-corrected chi connectivity index (χ0v) is 7.43. The van der Waals surface area contributed by atoms with E-state index in [1.165, 1.54) is 0 Å². The molecular formula is C8H13ClO2. The number of rotatable bonds is 2. The van der Waals surface area contributed by atoms with Gasteiger partial charge in [0.15, 0.2) is 0 Å². The van der Waals surface area contributed by atoms with Crippen molar-refractivity contribution in [3.8, 4) is 0 Å². The highest BCUT2D eigenvalue weighted by atomic mass is 35.5. The maximum atomic E-state index is 10.8. The summed E-state index contributed by atoms with van der Waals surface area (Å²) in [6.45, 7) is 0. The van der Waals surface area contributed by atoms with Crippen LogP contribution >= 0.6 is 11.6 Å². The van der Waals surface area contributed by atoms with Crippen LogP contribution in [0.1, 0.15) is 25.7 Å². The fraction of sp³-hybridized carbons (Fsp3) is 0.875. The molecule has 11 heavy (non-hydrogen) atoms. The van der Waals surface area contributed by atoms with Crippen molar-refractivity contribution in [2.45, 2.75) is 31.8 Å². The lowest BCUT2D eigenvalue weighted by Gasteiger charge is -2.25. The van der Waals surface area contributed by atoms with Gasteiger partial charge in [0.2, 0.25) is 5.24 Å². The summed E-state index contributed by atoms with van der Waals surface area (Å²) >= 11 is 5.38. The molecular weight excluding hydrogens is 164 g/mol. The Morgan fingerprint density at radius 2 is 2.27 bits per heavy atom. The lowest BCUT2D eigenvalue weighted by atomic mass is 9.88. The van der Waals surface area contributed by atoms with Crippen LogP contribution in [0.4, 0.5) is 0 Å². The maximum absolute atomic E-state index is 10.8. The average molecular weight is 177 g/mol. The summed E-state index contributed by atoms with van der Waals surface area (Å²) in [4.78, 5) is 10.8. The van der Waals surface area contributed by atoms with Crippen LogP contribution in [0, 0.1) is 5.92 Å². The van der Waals surface area contributed by atoms with Gasteiger partial charge in [-0.15, -0.1) is 0 Å². The Hall–Kier alpha value is -0.0800. The van der Waals surface area contributed by atoms with Gasteiger partial charge in [0.25, 0.3) is 0 Å². The number of hydrogen-bond donors (Lipinski definition) is 0. The molecule has 2 atom stereocenters. The second-order valence-corrected chi connectivity index (χ2v) is 3.40. The van der Waals surface area contributed by atoms with E-state index in [1.54, 1.807) is 7.11 Å². The van der Waals surface area contributed by atoms with Crippen LogP contribution in [-0.4, -0.2) is 18.5 Å². The second-order valence-electron chi connectivity index (χ2n) is 3.03. The third kappa shape index (κ3) is 2.46. The molecule has 0 aromatic heterocycles. The number of halogens is 1. The highest BCUT2D eigenvalue weighted by Crippen LogP contribution is 2.27. The number of hydrogen-bond acceptors (Lipinski definition) is 2. The number of methoxy groups -OCH3 is 1. The quantitative estimate of drug-likeness (QED) is 0.602. The minimum absolute atomic E-state index is 0.0374. The molecule has 1 rings (SSSR count). The highest BCUT2D eigenvalue weighted by molar-refractivity contribution is 6.63. The van der Waals surface area contributed by atoms with Gasteiger partial charge in [-0.05, 0) is 30.9 Å². The molecule has 2 unspecified atom stereocenters. The second kappa shape index (κ2) is 4.07. The van der Waals surface area contributed by atoms with Gasteiger partial charge in [-0.2, -0.15) is 0 Å². The molecule has 1 fully saturated rings. The van der Waals surface area contributed by atoms with Crippen molar-refractivity contribution in [2.24, 2.45) is 5.92 Å². The highest BCUT2D eigenvalue weighted by Gasteiger charge is 2.25. The Labute approximate surface area is 71.9 Å². The van der Waals surface area contributed by atoms with Crippen molar-refractivity contribution in [1.82, 2.24) is 0 Å². The Morgan fingerprint density at radius 3 is 2.82 bits per heavy atom. The van der Waals surface area contributed by atoms with E-state index >= 15 is 0 Å². The van der Waals surface area contributed by atoms with E-state index in [9.17, 15) is 4.79 Å². The van der Waals surface area contributed by atoms with Gasteiger partial charge in [-0.1, -0.05) is 6.42 Å². The number of carbonyl (C=O) groups excluding carboxylic acids is 1. The van der Waals surface area contributed by atoms with Gasteiger partial charge >= 0.3 is 0 Å². The van der Waals surface area contributed by atoms with Gasteiger partial charge in [0, 0.05) is 13.0 Å². The summed E-state index contributed by atoms with van der Waals surface area (Å²) in [5.41, 5.74) is 0. The van der Waals surface area contributed by atoms with Crippen molar-refractivity contribution in [2.75, 3.05) is 7.11 Å². The third-order valence-electron chi connectivity index (χ3n) is 2.28. The SMILES string of the molecule is COC1CCCC(C(=O)Cl)C1. The Bertz CT molecular complexity index is 147. The van der Waals surface area contributed by atoms with Crippen LogP contribution in [0.2, 0.25) is 0 Å². The molecule has 3 heteroatoms. The smallest absolute Gasteiger partial charge is 0.224 e. The molecule has 0 radical (unpaired) electrons. The molecule has 0 N–H and O–H groups in total. The monoisotopic (exact) mass is 176 g/mol. The minimum atomic E-state index is -0.202. The molecule has 0 saturated heterocycles. The molecule has 64 valence electrons. The summed E-state index contributed by atoms with van der Waals surface area (Å²) < 4.78 is 5.16. The van der Waals surface area contributed by atoms with Crippen molar-refractivity contribution in [3.63, 3.8) is 0 Å². The van der Waals surface area contributed by atoms with E-state index in [2.05, 4.69) is 0 Å². The van der Waals surface area contributed by atoms with Crippen LogP contribution in [-0.2, 0) is 9.53 Å². The summed E-state index contributed by atoms with van der Waals surface area (Å²) in [7, 11) is 1.69. The summed E-state index contributed by atoms with van der Waals surface area (Å²) in [5.74, 6) is 0.0374.